The monoisotopic (exact) mass is 624 g/mol. The number of hydrogen-bond donors (Lipinski definition) is 1. The molecule has 5 rings (SSSR count). The summed E-state index contributed by atoms with van der Waals surface area (Å²) in [6, 6.07) is 18.8. The van der Waals surface area contributed by atoms with Gasteiger partial charge >= 0.3 is 0 Å². The Morgan fingerprint density at radius 3 is 2.50 bits per heavy atom. The van der Waals surface area contributed by atoms with E-state index < -0.39 is 11.7 Å². The van der Waals surface area contributed by atoms with Crippen molar-refractivity contribution >= 4 is 45.2 Å². The minimum Gasteiger partial charge on any atom is -0.345 e. The van der Waals surface area contributed by atoms with Crippen molar-refractivity contribution < 1.29 is 18.4 Å². The molecule has 1 aliphatic rings. The SMILES string of the molecule is Cn1c(CNC(=O)c2cccc(F)c2)nnc1SCC(=O)N1N=C(c2ccc(Br)cc2)C[C@H]1c1ccc(F)cc1. The molecule has 0 radical (unpaired) electrons. The van der Waals surface area contributed by atoms with Crippen molar-refractivity contribution in [3.63, 3.8) is 0 Å². The van der Waals surface area contributed by atoms with Crippen LogP contribution in [0.1, 0.15) is 39.8 Å². The molecule has 0 unspecified atom stereocenters. The molecule has 1 aromatic heterocycles. The molecule has 0 bridgehead atoms. The van der Waals surface area contributed by atoms with Crippen LogP contribution in [0.3, 0.4) is 0 Å². The van der Waals surface area contributed by atoms with E-state index in [2.05, 4.69) is 36.5 Å². The van der Waals surface area contributed by atoms with Gasteiger partial charge in [-0.15, -0.1) is 10.2 Å². The third-order valence-electron chi connectivity index (χ3n) is 6.34. The number of nitrogens with zero attached hydrogens (tertiary/aromatic N) is 5. The third-order valence-corrected chi connectivity index (χ3v) is 7.88. The van der Waals surface area contributed by atoms with Gasteiger partial charge in [0, 0.05) is 23.5 Å². The summed E-state index contributed by atoms with van der Waals surface area (Å²) < 4.78 is 29.6. The topological polar surface area (TPSA) is 92.5 Å². The van der Waals surface area contributed by atoms with Gasteiger partial charge in [-0.3, -0.25) is 9.59 Å². The lowest BCUT2D eigenvalue weighted by Crippen LogP contribution is -2.28. The van der Waals surface area contributed by atoms with Crippen LogP contribution < -0.4 is 5.32 Å². The van der Waals surface area contributed by atoms with Gasteiger partial charge < -0.3 is 9.88 Å². The number of halogens is 3. The number of hydrogen-bond acceptors (Lipinski definition) is 6. The van der Waals surface area contributed by atoms with Gasteiger partial charge in [-0.25, -0.2) is 13.8 Å². The summed E-state index contributed by atoms with van der Waals surface area (Å²) in [4.78, 5) is 25.7. The Labute approximate surface area is 241 Å². The molecule has 4 aromatic rings. The summed E-state index contributed by atoms with van der Waals surface area (Å²) in [5.74, 6) is -1.02. The highest BCUT2D eigenvalue weighted by Gasteiger charge is 2.33. The van der Waals surface area contributed by atoms with Gasteiger partial charge in [0.15, 0.2) is 11.0 Å². The van der Waals surface area contributed by atoms with Crippen LogP contribution in [0.15, 0.2) is 87.5 Å². The van der Waals surface area contributed by atoms with Crippen molar-refractivity contribution in [1.82, 2.24) is 25.1 Å². The van der Waals surface area contributed by atoms with E-state index in [1.54, 1.807) is 23.7 Å². The van der Waals surface area contributed by atoms with Gasteiger partial charge in [0.25, 0.3) is 11.8 Å². The lowest BCUT2D eigenvalue weighted by Gasteiger charge is -2.22. The predicted octanol–water partition coefficient (Wildman–Crippen LogP) is 5.26. The number of nitrogens with one attached hydrogen (secondary N) is 1. The molecule has 1 N–H and O–H groups in total. The number of rotatable bonds is 8. The van der Waals surface area contributed by atoms with Crippen LogP contribution in [0, 0.1) is 11.6 Å². The third kappa shape index (κ3) is 6.28. The second kappa shape index (κ2) is 12.1. The van der Waals surface area contributed by atoms with Gasteiger partial charge in [-0.1, -0.05) is 58.0 Å². The number of hydrazone groups is 1. The second-order valence-corrected chi connectivity index (χ2v) is 10.9. The molecule has 0 saturated carbocycles. The summed E-state index contributed by atoms with van der Waals surface area (Å²) >= 11 is 4.63. The molecule has 40 heavy (non-hydrogen) atoms. The molecule has 1 atom stereocenters. The number of carbonyl (C=O) groups is 2. The Kier molecular flexibility index (Phi) is 8.36. The first kappa shape index (κ1) is 27.7. The number of thioether (sulfide) groups is 1. The lowest BCUT2D eigenvalue weighted by molar-refractivity contribution is -0.130. The highest BCUT2D eigenvalue weighted by Crippen LogP contribution is 2.34. The van der Waals surface area contributed by atoms with Crippen molar-refractivity contribution in [3.05, 3.63) is 111 Å². The fourth-order valence-electron chi connectivity index (χ4n) is 4.21. The van der Waals surface area contributed by atoms with Crippen LogP contribution >= 0.6 is 27.7 Å². The Morgan fingerprint density at radius 2 is 1.77 bits per heavy atom. The number of amides is 2. The summed E-state index contributed by atoms with van der Waals surface area (Å²) in [6.07, 6.45) is 0.489. The van der Waals surface area contributed by atoms with E-state index in [-0.39, 0.29) is 35.6 Å². The average molecular weight is 625 g/mol. The molecule has 12 heteroatoms. The maximum atomic E-state index is 13.6. The van der Waals surface area contributed by atoms with Crippen molar-refractivity contribution in [3.8, 4) is 0 Å². The number of carbonyl (C=O) groups excluding carboxylic acids is 2. The van der Waals surface area contributed by atoms with E-state index in [1.807, 2.05) is 24.3 Å². The summed E-state index contributed by atoms with van der Waals surface area (Å²) in [5.41, 5.74) is 2.64. The summed E-state index contributed by atoms with van der Waals surface area (Å²) in [6.45, 7) is 0.0764. The van der Waals surface area contributed by atoms with Gasteiger partial charge in [0.2, 0.25) is 0 Å². The van der Waals surface area contributed by atoms with Crippen LogP contribution in [0.25, 0.3) is 0 Å². The van der Waals surface area contributed by atoms with Crippen molar-refractivity contribution in [2.24, 2.45) is 12.1 Å². The molecule has 3 aromatic carbocycles. The van der Waals surface area contributed by atoms with Gasteiger partial charge in [0.05, 0.1) is 24.1 Å². The smallest absolute Gasteiger partial charge is 0.253 e. The standard InChI is InChI=1S/C28H23BrF2N6O2S/c1-36-25(15-32-27(39)19-3-2-4-22(31)13-19)33-34-28(36)40-16-26(38)37-24(18-7-11-21(30)12-8-18)14-23(35-37)17-5-9-20(29)10-6-17/h2-13,24H,14-16H2,1H3,(H,32,39)/t24-/m0/s1. The maximum Gasteiger partial charge on any atom is 0.253 e. The van der Waals surface area contributed by atoms with E-state index in [0.717, 1.165) is 27.4 Å². The largest absolute Gasteiger partial charge is 0.345 e. The summed E-state index contributed by atoms with van der Waals surface area (Å²) in [7, 11) is 1.73. The first-order valence-corrected chi connectivity index (χ1v) is 14.0. The first-order chi connectivity index (χ1) is 19.3. The lowest BCUT2D eigenvalue weighted by atomic mass is 9.98. The predicted molar refractivity (Wildman–Crippen MR) is 151 cm³/mol. The fourth-order valence-corrected chi connectivity index (χ4v) is 5.26. The average Bonchev–Trinajstić information content (AvgIpc) is 3.55. The van der Waals surface area contributed by atoms with Crippen LogP contribution in [-0.4, -0.2) is 43.1 Å². The van der Waals surface area contributed by atoms with Crippen LogP contribution in [0.4, 0.5) is 8.78 Å². The van der Waals surface area contributed by atoms with Crippen molar-refractivity contribution in [2.45, 2.75) is 24.2 Å². The fraction of sp³-hybridized carbons (Fsp3) is 0.179. The van der Waals surface area contributed by atoms with E-state index in [0.29, 0.717) is 17.4 Å². The Hall–Kier alpha value is -3.90. The molecule has 0 spiro atoms. The maximum absolute atomic E-state index is 13.6. The Morgan fingerprint density at radius 1 is 1.02 bits per heavy atom. The number of benzene rings is 3. The van der Waals surface area contributed by atoms with E-state index in [1.165, 1.54) is 47.1 Å². The normalized spacial score (nSPS) is 14.8. The zero-order chi connectivity index (χ0) is 28.2. The van der Waals surface area contributed by atoms with Gasteiger partial charge in [-0.05, 0) is 53.6 Å². The van der Waals surface area contributed by atoms with Gasteiger partial charge in [-0.2, -0.15) is 5.10 Å². The molecule has 0 saturated heterocycles. The second-order valence-electron chi connectivity index (χ2n) is 9.00. The zero-order valence-electron chi connectivity index (χ0n) is 21.2. The molecular formula is C28H23BrF2N6O2S. The van der Waals surface area contributed by atoms with Crippen molar-refractivity contribution in [1.29, 1.82) is 0 Å². The summed E-state index contributed by atoms with van der Waals surface area (Å²) in [5, 5.41) is 17.6. The highest BCUT2D eigenvalue weighted by molar-refractivity contribution is 9.10. The molecule has 2 heterocycles. The van der Waals surface area contributed by atoms with Crippen LogP contribution in [-0.2, 0) is 18.4 Å². The van der Waals surface area contributed by atoms with Crippen LogP contribution in [0.2, 0.25) is 0 Å². The molecule has 204 valence electrons. The Balaban J connectivity index is 1.27. The minimum absolute atomic E-state index is 0.0381. The molecular weight excluding hydrogens is 602 g/mol. The van der Waals surface area contributed by atoms with Crippen molar-refractivity contribution in [2.75, 3.05) is 5.75 Å². The zero-order valence-corrected chi connectivity index (χ0v) is 23.6. The minimum atomic E-state index is -0.498. The van der Waals surface area contributed by atoms with E-state index in [4.69, 9.17) is 0 Å². The highest BCUT2D eigenvalue weighted by atomic mass is 79.9. The van der Waals surface area contributed by atoms with E-state index in [9.17, 15) is 18.4 Å². The molecule has 2 amide bonds. The quantitative estimate of drug-likeness (QED) is 0.270. The first-order valence-electron chi connectivity index (χ1n) is 12.2. The molecule has 0 aliphatic carbocycles. The van der Waals surface area contributed by atoms with Crippen LogP contribution in [0.5, 0.6) is 0 Å². The Bertz CT molecular complexity index is 1580. The number of aromatic nitrogens is 3. The molecule has 1 aliphatic heterocycles. The molecule has 8 nitrogen and oxygen atoms in total. The molecule has 0 fully saturated rings. The van der Waals surface area contributed by atoms with Gasteiger partial charge in [0.1, 0.15) is 11.6 Å². The van der Waals surface area contributed by atoms with E-state index >= 15 is 0 Å².